The molecule has 8 nitrogen and oxygen atoms in total. The highest BCUT2D eigenvalue weighted by atomic mass is 16.5. The lowest BCUT2D eigenvalue weighted by Gasteiger charge is -2.06. The van der Waals surface area contributed by atoms with Crippen LogP contribution in [0.25, 0.3) is 0 Å². The number of methoxy groups -OCH3 is 2. The zero-order valence-corrected chi connectivity index (χ0v) is 19.0. The summed E-state index contributed by atoms with van der Waals surface area (Å²) >= 11 is 0. The van der Waals surface area contributed by atoms with Gasteiger partial charge in [0.1, 0.15) is 11.5 Å². The molecule has 32 heavy (non-hydrogen) atoms. The van der Waals surface area contributed by atoms with E-state index in [0.29, 0.717) is 24.3 Å². The molecule has 0 aromatic heterocycles. The number of hydrogen-bond acceptors (Lipinski definition) is 6. The summed E-state index contributed by atoms with van der Waals surface area (Å²) in [7, 11) is 3.20. The van der Waals surface area contributed by atoms with Crippen LogP contribution in [0.4, 0.5) is 0 Å². The van der Waals surface area contributed by atoms with Gasteiger partial charge in [0.25, 0.3) is 0 Å². The molecular formula is C24H30N4O4. The number of unbranched alkanes of at least 4 members (excludes halogenated alkanes) is 1. The highest BCUT2D eigenvalue weighted by molar-refractivity contribution is 6.00. The van der Waals surface area contributed by atoms with E-state index in [0.717, 1.165) is 22.6 Å². The molecule has 0 heterocycles. The van der Waals surface area contributed by atoms with Crippen molar-refractivity contribution in [3.63, 3.8) is 0 Å². The molecule has 0 unspecified atom stereocenters. The predicted molar refractivity (Wildman–Crippen MR) is 125 cm³/mol. The van der Waals surface area contributed by atoms with E-state index < -0.39 is 0 Å². The number of hydrazone groups is 2. The van der Waals surface area contributed by atoms with Crippen molar-refractivity contribution in [1.29, 1.82) is 0 Å². The molecule has 170 valence electrons. The molecule has 0 aliphatic heterocycles. The summed E-state index contributed by atoms with van der Waals surface area (Å²) < 4.78 is 10.4. The smallest absolute Gasteiger partial charge is 0.240 e. The Bertz CT molecular complexity index is 906. The number of hydrogen-bond donors (Lipinski definition) is 2. The summed E-state index contributed by atoms with van der Waals surface area (Å²) in [4.78, 5) is 24.0. The second-order valence-electron chi connectivity index (χ2n) is 7.14. The summed E-state index contributed by atoms with van der Waals surface area (Å²) in [6.07, 6.45) is 1.72. The van der Waals surface area contributed by atoms with Crippen LogP contribution in [-0.4, -0.2) is 37.5 Å². The van der Waals surface area contributed by atoms with E-state index in [9.17, 15) is 9.59 Å². The Labute approximate surface area is 188 Å². The standard InChI is InChI=1S/C24H30N4O4/c1-17(19-9-7-11-21(15-19)31-3)25-27-23(29)13-5-6-14-24(30)28-26-18(2)20-10-8-12-22(16-20)32-4/h7-12,15-16H,5-6,13-14H2,1-4H3,(H,27,29)(H,28,30)/b25-17+,26-18+. The third-order valence-electron chi connectivity index (χ3n) is 4.73. The molecule has 2 aromatic carbocycles. The minimum Gasteiger partial charge on any atom is -0.497 e. The molecule has 0 aliphatic carbocycles. The molecule has 2 N–H and O–H groups in total. The number of amides is 2. The second-order valence-corrected chi connectivity index (χ2v) is 7.14. The Morgan fingerprint density at radius 1 is 0.750 bits per heavy atom. The number of nitrogens with one attached hydrogen (secondary N) is 2. The van der Waals surface area contributed by atoms with Crippen LogP contribution in [-0.2, 0) is 9.59 Å². The molecule has 2 amide bonds. The van der Waals surface area contributed by atoms with Gasteiger partial charge in [-0.05, 0) is 51.0 Å². The van der Waals surface area contributed by atoms with Gasteiger partial charge < -0.3 is 9.47 Å². The van der Waals surface area contributed by atoms with Crippen LogP contribution in [0.1, 0.15) is 50.7 Å². The average molecular weight is 439 g/mol. The second kappa shape index (κ2) is 12.9. The fraction of sp³-hybridized carbons (Fsp3) is 0.333. The molecular weight excluding hydrogens is 408 g/mol. The Morgan fingerprint density at radius 2 is 1.16 bits per heavy atom. The van der Waals surface area contributed by atoms with Crippen molar-refractivity contribution in [2.45, 2.75) is 39.5 Å². The Balaban J connectivity index is 1.69. The fourth-order valence-corrected chi connectivity index (χ4v) is 2.80. The van der Waals surface area contributed by atoms with Crippen LogP contribution in [0.3, 0.4) is 0 Å². The number of nitrogens with zero attached hydrogens (tertiary/aromatic N) is 2. The highest BCUT2D eigenvalue weighted by Gasteiger charge is 2.06. The van der Waals surface area contributed by atoms with E-state index in [1.54, 1.807) is 14.2 Å². The first-order chi connectivity index (χ1) is 15.4. The molecule has 0 aliphatic rings. The monoisotopic (exact) mass is 438 g/mol. The first-order valence-electron chi connectivity index (χ1n) is 10.4. The predicted octanol–water partition coefficient (Wildman–Crippen LogP) is 3.64. The molecule has 0 bridgehead atoms. The largest absolute Gasteiger partial charge is 0.497 e. The number of ether oxygens (including phenoxy) is 2. The van der Waals surface area contributed by atoms with Gasteiger partial charge in [0.15, 0.2) is 0 Å². The van der Waals surface area contributed by atoms with Crippen molar-refractivity contribution in [2.75, 3.05) is 14.2 Å². The van der Waals surface area contributed by atoms with Crippen LogP contribution >= 0.6 is 0 Å². The number of carbonyl (C=O) groups excluding carboxylic acids is 2. The van der Waals surface area contributed by atoms with Gasteiger partial charge in [0, 0.05) is 24.0 Å². The van der Waals surface area contributed by atoms with Gasteiger partial charge in [-0.15, -0.1) is 0 Å². The van der Waals surface area contributed by atoms with Gasteiger partial charge in [-0.3, -0.25) is 9.59 Å². The van der Waals surface area contributed by atoms with Crippen LogP contribution < -0.4 is 20.3 Å². The summed E-state index contributed by atoms with van der Waals surface area (Å²) in [5.41, 5.74) is 8.20. The summed E-state index contributed by atoms with van der Waals surface area (Å²) in [6.45, 7) is 3.63. The fourth-order valence-electron chi connectivity index (χ4n) is 2.80. The molecule has 0 spiro atoms. The summed E-state index contributed by atoms with van der Waals surface area (Å²) in [5.74, 6) is 1.06. The van der Waals surface area contributed by atoms with Crippen molar-refractivity contribution < 1.29 is 19.1 Å². The molecule has 0 saturated carbocycles. The van der Waals surface area contributed by atoms with Crippen molar-refractivity contribution in [2.24, 2.45) is 10.2 Å². The van der Waals surface area contributed by atoms with Crippen LogP contribution in [0, 0.1) is 0 Å². The molecule has 0 saturated heterocycles. The molecule has 2 rings (SSSR count). The molecule has 0 fully saturated rings. The zero-order chi connectivity index (χ0) is 23.3. The lowest BCUT2D eigenvalue weighted by atomic mass is 10.1. The average Bonchev–Trinajstić information content (AvgIpc) is 2.83. The van der Waals surface area contributed by atoms with E-state index in [1.807, 2.05) is 62.4 Å². The lowest BCUT2D eigenvalue weighted by Crippen LogP contribution is -2.20. The maximum Gasteiger partial charge on any atom is 0.240 e. The van der Waals surface area contributed by atoms with Crippen molar-refractivity contribution in [3.05, 3.63) is 59.7 Å². The number of carbonyl (C=O) groups is 2. The van der Waals surface area contributed by atoms with E-state index in [4.69, 9.17) is 9.47 Å². The minimum absolute atomic E-state index is 0.195. The first kappa shape index (κ1) is 24.6. The minimum atomic E-state index is -0.195. The molecule has 0 radical (unpaired) electrons. The van der Waals surface area contributed by atoms with Gasteiger partial charge in [-0.1, -0.05) is 24.3 Å². The van der Waals surface area contributed by atoms with E-state index >= 15 is 0 Å². The quantitative estimate of drug-likeness (QED) is 0.318. The lowest BCUT2D eigenvalue weighted by molar-refractivity contribution is -0.123. The van der Waals surface area contributed by atoms with Crippen molar-refractivity contribution >= 4 is 23.2 Å². The Morgan fingerprint density at radius 3 is 1.53 bits per heavy atom. The maximum atomic E-state index is 12.0. The van der Waals surface area contributed by atoms with Gasteiger partial charge in [-0.2, -0.15) is 10.2 Å². The highest BCUT2D eigenvalue weighted by Crippen LogP contribution is 2.14. The van der Waals surface area contributed by atoms with Crippen LogP contribution in [0.5, 0.6) is 11.5 Å². The van der Waals surface area contributed by atoms with Gasteiger partial charge >= 0.3 is 0 Å². The topological polar surface area (TPSA) is 101 Å². The Kier molecular flexibility index (Phi) is 9.90. The third kappa shape index (κ3) is 8.22. The normalized spacial score (nSPS) is 11.6. The molecule has 0 atom stereocenters. The van der Waals surface area contributed by atoms with Crippen LogP contribution in [0.2, 0.25) is 0 Å². The van der Waals surface area contributed by atoms with Gasteiger partial charge in [-0.25, -0.2) is 10.9 Å². The van der Waals surface area contributed by atoms with E-state index in [1.165, 1.54) is 0 Å². The Hall–Kier alpha value is -3.68. The van der Waals surface area contributed by atoms with Crippen LogP contribution in [0.15, 0.2) is 58.7 Å². The van der Waals surface area contributed by atoms with Crippen molar-refractivity contribution in [3.8, 4) is 11.5 Å². The van der Waals surface area contributed by atoms with E-state index in [2.05, 4.69) is 21.1 Å². The molecule has 2 aromatic rings. The summed E-state index contributed by atoms with van der Waals surface area (Å²) in [6, 6.07) is 14.9. The zero-order valence-electron chi connectivity index (χ0n) is 19.0. The van der Waals surface area contributed by atoms with Gasteiger partial charge in [0.05, 0.1) is 25.6 Å². The number of benzene rings is 2. The summed E-state index contributed by atoms with van der Waals surface area (Å²) in [5, 5.41) is 8.26. The third-order valence-corrected chi connectivity index (χ3v) is 4.73. The van der Waals surface area contributed by atoms with Gasteiger partial charge in [0.2, 0.25) is 11.8 Å². The van der Waals surface area contributed by atoms with Crippen molar-refractivity contribution in [1.82, 2.24) is 10.9 Å². The molecule has 8 heteroatoms. The maximum absolute atomic E-state index is 12.0. The first-order valence-corrected chi connectivity index (χ1v) is 10.4. The number of rotatable bonds is 11. The van der Waals surface area contributed by atoms with E-state index in [-0.39, 0.29) is 24.7 Å². The SMILES string of the molecule is COc1cccc(/C(C)=N/NC(=O)CCCCC(=O)N/N=C(\C)c2cccc(OC)c2)c1.